The van der Waals surface area contributed by atoms with Crippen molar-refractivity contribution in [2.75, 3.05) is 17.3 Å². The van der Waals surface area contributed by atoms with Gasteiger partial charge in [0.05, 0.1) is 17.7 Å². The number of sulfonamides is 1. The maximum absolute atomic E-state index is 13.4. The molecule has 10 nitrogen and oxygen atoms in total. The van der Waals surface area contributed by atoms with Crippen LogP contribution in [0.4, 0.5) is 17.1 Å². The molecule has 0 heterocycles. The van der Waals surface area contributed by atoms with E-state index in [1.165, 1.54) is 30.7 Å². The van der Waals surface area contributed by atoms with Crippen LogP contribution in [-0.2, 0) is 14.8 Å². The van der Waals surface area contributed by atoms with Gasteiger partial charge in [0.15, 0.2) is 0 Å². The highest BCUT2D eigenvalue weighted by molar-refractivity contribution is 7.89. The molecule has 5 N–H and O–H groups in total. The Kier molecular flexibility index (Phi) is 9.14. The van der Waals surface area contributed by atoms with Gasteiger partial charge in [-0.15, -0.1) is 0 Å². The van der Waals surface area contributed by atoms with E-state index in [0.29, 0.717) is 29.8 Å². The van der Waals surface area contributed by atoms with Gasteiger partial charge in [-0.05, 0) is 80.6 Å². The number of aliphatic imine (C=N–C) groups is 1. The smallest absolute Gasteiger partial charge is 0.264 e. The minimum atomic E-state index is -3.70. The highest BCUT2D eigenvalue weighted by atomic mass is 32.2. The molecule has 0 radical (unpaired) electrons. The average Bonchev–Trinajstić information content (AvgIpc) is 2.98. The van der Waals surface area contributed by atoms with E-state index in [9.17, 15) is 22.8 Å². The number of nitrogens with one attached hydrogen (secondary N) is 3. The number of hydrogen-bond acceptors (Lipinski definition) is 7. The molecule has 0 spiro atoms. The van der Waals surface area contributed by atoms with Crippen molar-refractivity contribution in [1.29, 1.82) is 0 Å². The van der Waals surface area contributed by atoms with Crippen LogP contribution in [-0.4, -0.2) is 43.6 Å². The van der Waals surface area contributed by atoms with Crippen molar-refractivity contribution in [3.63, 3.8) is 0 Å². The number of nitrogens with two attached hydrogens (primary N) is 1. The molecule has 3 amide bonds. The Balaban J connectivity index is 1.30. The van der Waals surface area contributed by atoms with Crippen molar-refractivity contribution in [2.24, 2.45) is 10.9 Å². The summed E-state index contributed by atoms with van der Waals surface area (Å²) in [5, 5.41) is 5.74. The third-order valence-corrected chi connectivity index (χ3v) is 8.82. The number of carbonyl (C=O) groups is 3. The van der Waals surface area contributed by atoms with Crippen LogP contribution in [0.5, 0.6) is 0 Å². The van der Waals surface area contributed by atoms with Crippen LogP contribution >= 0.6 is 0 Å². The van der Waals surface area contributed by atoms with Crippen molar-refractivity contribution < 1.29 is 22.8 Å². The summed E-state index contributed by atoms with van der Waals surface area (Å²) in [6.07, 6.45) is 8.21. The summed E-state index contributed by atoms with van der Waals surface area (Å²) in [6.45, 7) is 0. The van der Waals surface area contributed by atoms with Gasteiger partial charge in [0.2, 0.25) is 15.9 Å². The minimum Gasteiger partial charge on any atom is -0.398 e. The first-order valence-corrected chi connectivity index (χ1v) is 16.7. The van der Waals surface area contributed by atoms with Gasteiger partial charge in [0, 0.05) is 34.0 Å². The monoisotopic (exact) mass is 615 g/mol. The average molecular weight is 616 g/mol. The summed E-state index contributed by atoms with van der Waals surface area (Å²) in [5.74, 6) is -1.25. The number of rotatable bonds is 9. The van der Waals surface area contributed by atoms with E-state index in [4.69, 9.17) is 10.7 Å². The number of carbonyl (C=O) groups excluding carboxylic acids is 3. The maximum Gasteiger partial charge on any atom is 0.264 e. The van der Waals surface area contributed by atoms with Crippen LogP contribution in [0.25, 0.3) is 0 Å². The first kappa shape index (κ1) is 30.9. The van der Waals surface area contributed by atoms with Gasteiger partial charge < -0.3 is 16.4 Å². The summed E-state index contributed by atoms with van der Waals surface area (Å²) < 4.78 is 24.6. The summed E-state index contributed by atoms with van der Waals surface area (Å²) >= 11 is 0. The van der Waals surface area contributed by atoms with Crippen molar-refractivity contribution >= 4 is 50.5 Å². The Bertz CT molecular complexity index is 1680. The topological polar surface area (TPSA) is 160 Å². The molecule has 0 aliphatic heterocycles. The normalized spacial score (nSPS) is 16.8. The quantitative estimate of drug-likeness (QED) is 0.197. The number of benzene rings is 3. The van der Waals surface area contributed by atoms with Gasteiger partial charge in [-0.25, -0.2) is 13.1 Å². The Labute approximate surface area is 257 Å². The second-order valence-electron chi connectivity index (χ2n) is 11.6. The predicted octanol–water partition coefficient (Wildman–Crippen LogP) is 4.95. The molecule has 0 unspecified atom stereocenters. The molecule has 0 aromatic heterocycles. The molecule has 2 aliphatic rings. The standard InChI is InChI=1S/C33H37N5O5S/c1-44(42,43)38-31(40)23-13-16-26(17-14-23)36-32(41)33(19-8-20-33)37-30(39)24-15-18-27(28(34)21-24)29(22-9-4-2-5-10-22)35-25-11-6-3-7-12-25/h3,6-7,11-18,21-22H,2,4-5,8-10,19-20,34H2,1H3,(H,36,41)(H,37,39)(H,38,40). The van der Waals surface area contributed by atoms with Gasteiger partial charge in [-0.3, -0.25) is 19.4 Å². The van der Waals surface area contributed by atoms with Crippen LogP contribution in [0.3, 0.4) is 0 Å². The molecule has 5 rings (SSSR count). The van der Waals surface area contributed by atoms with Crippen LogP contribution in [0.2, 0.25) is 0 Å². The Hall–Kier alpha value is -4.51. The van der Waals surface area contributed by atoms with E-state index in [2.05, 4.69) is 10.6 Å². The minimum absolute atomic E-state index is 0.126. The molecule has 3 aromatic rings. The molecule has 44 heavy (non-hydrogen) atoms. The molecule has 0 saturated heterocycles. The van der Waals surface area contributed by atoms with Gasteiger partial charge in [-0.2, -0.15) is 0 Å². The molecule has 2 fully saturated rings. The summed E-state index contributed by atoms with van der Waals surface area (Å²) in [7, 11) is -3.70. The molecule has 0 bridgehead atoms. The van der Waals surface area contributed by atoms with E-state index in [1.807, 2.05) is 41.1 Å². The fourth-order valence-corrected chi connectivity index (χ4v) is 6.19. The molecule has 11 heteroatoms. The lowest BCUT2D eigenvalue weighted by Gasteiger charge is -2.40. The van der Waals surface area contributed by atoms with Crippen LogP contribution in [0, 0.1) is 5.92 Å². The van der Waals surface area contributed by atoms with E-state index in [0.717, 1.165) is 55.3 Å². The van der Waals surface area contributed by atoms with Crippen molar-refractivity contribution in [3.8, 4) is 0 Å². The number of nitrogens with zero attached hydrogens (tertiary/aromatic N) is 1. The van der Waals surface area contributed by atoms with E-state index in [1.54, 1.807) is 12.1 Å². The largest absolute Gasteiger partial charge is 0.398 e. The van der Waals surface area contributed by atoms with Gasteiger partial charge in [-0.1, -0.05) is 43.5 Å². The van der Waals surface area contributed by atoms with Crippen LogP contribution < -0.4 is 21.1 Å². The lowest BCUT2D eigenvalue weighted by atomic mass is 9.75. The third kappa shape index (κ3) is 7.34. The molecule has 2 saturated carbocycles. The van der Waals surface area contributed by atoms with Gasteiger partial charge in [0.1, 0.15) is 5.54 Å². The highest BCUT2D eigenvalue weighted by Crippen LogP contribution is 2.35. The lowest BCUT2D eigenvalue weighted by Crippen LogP contribution is -2.61. The number of nitrogen functional groups attached to an aromatic ring is 1. The number of hydrogen-bond donors (Lipinski definition) is 4. The Morgan fingerprint density at radius 3 is 2.09 bits per heavy atom. The first-order chi connectivity index (χ1) is 21.0. The van der Waals surface area contributed by atoms with Gasteiger partial charge in [0.25, 0.3) is 11.8 Å². The number of para-hydroxylation sites is 1. The van der Waals surface area contributed by atoms with Crippen LogP contribution in [0.15, 0.2) is 77.8 Å². The van der Waals surface area contributed by atoms with Crippen molar-refractivity contribution in [3.05, 3.63) is 89.5 Å². The van der Waals surface area contributed by atoms with Crippen molar-refractivity contribution in [2.45, 2.75) is 56.9 Å². The summed E-state index contributed by atoms with van der Waals surface area (Å²) in [6, 6.07) is 20.9. The zero-order valence-electron chi connectivity index (χ0n) is 24.6. The molecule has 3 aromatic carbocycles. The fourth-order valence-electron chi connectivity index (χ4n) is 5.74. The SMILES string of the molecule is CS(=O)(=O)NC(=O)c1ccc(NC(=O)C2(NC(=O)c3ccc(C(=Nc4ccccc4)C4CCCCC4)c(N)c3)CCC2)cc1. The fraction of sp³-hybridized carbons (Fsp3) is 0.333. The molecule has 2 aliphatic carbocycles. The summed E-state index contributed by atoms with van der Waals surface area (Å²) in [5.41, 5.74) is 9.45. The zero-order valence-corrected chi connectivity index (χ0v) is 25.5. The maximum atomic E-state index is 13.4. The number of amides is 3. The molecule has 0 atom stereocenters. The van der Waals surface area contributed by atoms with Crippen LogP contribution in [0.1, 0.15) is 77.6 Å². The van der Waals surface area contributed by atoms with Gasteiger partial charge >= 0.3 is 0 Å². The van der Waals surface area contributed by atoms with Crippen molar-refractivity contribution in [1.82, 2.24) is 10.0 Å². The first-order valence-electron chi connectivity index (χ1n) is 14.8. The van der Waals surface area contributed by atoms with E-state index < -0.39 is 27.4 Å². The zero-order chi connectivity index (χ0) is 31.3. The van der Waals surface area contributed by atoms with E-state index >= 15 is 0 Å². The Morgan fingerprint density at radius 2 is 1.50 bits per heavy atom. The predicted molar refractivity (Wildman–Crippen MR) is 171 cm³/mol. The third-order valence-electron chi connectivity index (χ3n) is 8.26. The Morgan fingerprint density at radius 1 is 0.841 bits per heavy atom. The summed E-state index contributed by atoms with van der Waals surface area (Å²) in [4.78, 5) is 43.8. The van der Waals surface area contributed by atoms with E-state index in [-0.39, 0.29) is 17.4 Å². The molecular formula is C33H37N5O5S. The molecule has 230 valence electrons. The second-order valence-corrected chi connectivity index (χ2v) is 13.3. The highest BCUT2D eigenvalue weighted by Gasteiger charge is 2.45. The second kappa shape index (κ2) is 13.0. The number of anilines is 2. The lowest BCUT2D eigenvalue weighted by molar-refractivity contribution is -0.125. The molecular weight excluding hydrogens is 578 g/mol.